The van der Waals surface area contributed by atoms with Crippen LogP contribution in [0.5, 0.6) is 5.75 Å². The van der Waals surface area contributed by atoms with Crippen LogP contribution in [0.25, 0.3) is 0 Å². The summed E-state index contributed by atoms with van der Waals surface area (Å²) >= 11 is 0. The third kappa shape index (κ3) is 4.04. The van der Waals surface area contributed by atoms with Gasteiger partial charge in [0, 0.05) is 31.9 Å². The number of amides is 3. The summed E-state index contributed by atoms with van der Waals surface area (Å²) in [5.41, 5.74) is 0.318. The van der Waals surface area contributed by atoms with Gasteiger partial charge in [0.05, 0.1) is 31.7 Å². The molecule has 0 aliphatic carbocycles. The molecular formula is C30H31N3O6. The molecule has 2 aromatic rings. The lowest BCUT2D eigenvalue weighted by atomic mass is 9.77. The van der Waals surface area contributed by atoms with Gasteiger partial charge < -0.3 is 29.3 Å². The molecule has 6 rings (SSSR count). The molecule has 1 spiro atoms. The van der Waals surface area contributed by atoms with Crippen molar-refractivity contribution in [3.63, 3.8) is 0 Å². The van der Waals surface area contributed by atoms with Crippen molar-refractivity contribution in [1.29, 1.82) is 0 Å². The summed E-state index contributed by atoms with van der Waals surface area (Å²) in [6.45, 7) is 0.746. The lowest BCUT2D eigenvalue weighted by Crippen LogP contribution is -2.55. The van der Waals surface area contributed by atoms with Gasteiger partial charge in [-0.1, -0.05) is 54.6 Å². The fraction of sp³-hybridized carbons (Fsp3) is 0.367. The lowest BCUT2D eigenvalue weighted by Gasteiger charge is -2.35. The van der Waals surface area contributed by atoms with E-state index in [0.29, 0.717) is 24.5 Å². The van der Waals surface area contributed by atoms with Crippen LogP contribution in [0.15, 0.2) is 78.9 Å². The molecule has 9 heteroatoms. The first-order valence-electron chi connectivity index (χ1n) is 13.2. The number of carbonyl (C=O) groups is 3. The summed E-state index contributed by atoms with van der Waals surface area (Å²) in [4.78, 5) is 47.0. The second-order valence-corrected chi connectivity index (χ2v) is 10.3. The molecule has 4 aliphatic rings. The highest BCUT2D eigenvalue weighted by Gasteiger charge is 2.71. The average molecular weight is 530 g/mol. The van der Waals surface area contributed by atoms with Crippen LogP contribution in [0, 0.1) is 11.8 Å². The molecule has 1 N–H and O–H groups in total. The van der Waals surface area contributed by atoms with Crippen LogP contribution < -0.4 is 9.64 Å². The van der Waals surface area contributed by atoms with E-state index in [1.807, 2.05) is 48.6 Å². The Balaban J connectivity index is 1.38. The fourth-order valence-electron chi connectivity index (χ4n) is 6.48. The van der Waals surface area contributed by atoms with Crippen molar-refractivity contribution in [2.24, 2.45) is 11.8 Å². The predicted octanol–water partition coefficient (Wildman–Crippen LogP) is 1.77. The highest BCUT2D eigenvalue weighted by molar-refractivity contribution is 6.05. The van der Waals surface area contributed by atoms with Crippen LogP contribution in [0.1, 0.15) is 5.56 Å². The molecule has 39 heavy (non-hydrogen) atoms. The minimum atomic E-state index is -1.32. The highest BCUT2D eigenvalue weighted by atomic mass is 16.5. The largest absolute Gasteiger partial charge is 0.497 e. The molecule has 5 atom stereocenters. The Kier molecular flexibility index (Phi) is 6.48. The number of carbonyl (C=O) groups excluding carboxylic acids is 3. The lowest BCUT2D eigenvalue weighted by molar-refractivity contribution is -0.145. The number of benzene rings is 2. The van der Waals surface area contributed by atoms with E-state index in [9.17, 15) is 19.5 Å². The Morgan fingerprint density at radius 1 is 0.974 bits per heavy atom. The Bertz CT molecular complexity index is 1330. The van der Waals surface area contributed by atoms with Crippen LogP contribution >= 0.6 is 0 Å². The van der Waals surface area contributed by atoms with Gasteiger partial charge >= 0.3 is 0 Å². The molecule has 2 aromatic carbocycles. The zero-order valence-corrected chi connectivity index (χ0v) is 21.7. The van der Waals surface area contributed by atoms with Gasteiger partial charge in [-0.05, 0) is 29.8 Å². The van der Waals surface area contributed by atoms with E-state index in [0.717, 1.165) is 5.56 Å². The summed E-state index contributed by atoms with van der Waals surface area (Å²) < 4.78 is 11.9. The summed E-state index contributed by atoms with van der Waals surface area (Å²) in [6.07, 6.45) is 6.75. The van der Waals surface area contributed by atoms with Gasteiger partial charge in [-0.15, -0.1) is 0 Å². The van der Waals surface area contributed by atoms with E-state index in [-0.39, 0.29) is 37.4 Å². The molecule has 0 aromatic heterocycles. The van der Waals surface area contributed by atoms with Crippen molar-refractivity contribution in [3.8, 4) is 5.75 Å². The van der Waals surface area contributed by atoms with E-state index in [4.69, 9.17) is 9.47 Å². The molecule has 4 aliphatic heterocycles. The van der Waals surface area contributed by atoms with Gasteiger partial charge in [0.15, 0.2) is 0 Å². The Labute approximate surface area is 226 Å². The first-order valence-corrected chi connectivity index (χ1v) is 13.2. The van der Waals surface area contributed by atoms with Gasteiger partial charge in [-0.3, -0.25) is 14.4 Å². The van der Waals surface area contributed by atoms with Gasteiger partial charge in [-0.25, -0.2) is 0 Å². The zero-order valence-electron chi connectivity index (χ0n) is 21.7. The summed E-state index contributed by atoms with van der Waals surface area (Å²) in [5.74, 6) is -1.84. The molecule has 4 heterocycles. The second kappa shape index (κ2) is 9.98. The molecule has 0 bridgehead atoms. The minimum absolute atomic E-state index is 0.0315. The quantitative estimate of drug-likeness (QED) is 0.573. The number of aliphatic hydroxyl groups excluding tert-OH is 1. The van der Waals surface area contributed by atoms with Gasteiger partial charge in [0.2, 0.25) is 11.8 Å². The van der Waals surface area contributed by atoms with Crippen LogP contribution in [-0.2, 0) is 25.7 Å². The Morgan fingerprint density at radius 2 is 1.74 bits per heavy atom. The predicted molar refractivity (Wildman–Crippen MR) is 143 cm³/mol. The molecular weight excluding hydrogens is 498 g/mol. The van der Waals surface area contributed by atoms with Crippen molar-refractivity contribution < 1.29 is 29.0 Å². The van der Waals surface area contributed by atoms with E-state index >= 15 is 0 Å². The summed E-state index contributed by atoms with van der Waals surface area (Å²) in [6, 6.07) is 15.8. The maximum absolute atomic E-state index is 14.2. The summed E-state index contributed by atoms with van der Waals surface area (Å²) in [7, 11) is 1.57. The molecule has 9 nitrogen and oxygen atoms in total. The molecule has 1 unspecified atom stereocenters. The number of likely N-dealkylation sites (tertiary alicyclic amines) is 1. The number of methoxy groups -OCH3 is 1. The summed E-state index contributed by atoms with van der Waals surface area (Å²) in [5, 5.41) is 9.85. The van der Waals surface area contributed by atoms with Crippen LogP contribution in [0.3, 0.4) is 0 Å². The van der Waals surface area contributed by atoms with Crippen molar-refractivity contribution in [2.45, 2.75) is 24.3 Å². The van der Waals surface area contributed by atoms with Crippen LogP contribution in [-0.4, -0.2) is 83.7 Å². The fourth-order valence-corrected chi connectivity index (χ4v) is 6.48. The van der Waals surface area contributed by atoms with Crippen molar-refractivity contribution >= 4 is 23.4 Å². The standard InChI is InChI=1S/C30H31N3O6/c1-38-22-12-10-21(11-13-22)32-16-6-14-30-25(28(36)33(17-18-34)26(30)29(32)37)24-23(39-30)9-5-15-31(27(24)35)19-20-7-3-2-4-8-20/h2-14,23-26,34H,15-19H2,1H3/t23-,24+,25+,26?,30+/m1/s1. The Morgan fingerprint density at radius 3 is 2.46 bits per heavy atom. The number of β-amino-alcohol motifs (C(OH)–C–C–N with tert-alkyl or cyclic N) is 1. The maximum Gasteiger partial charge on any atom is 0.253 e. The Hall–Kier alpha value is -3.95. The monoisotopic (exact) mass is 529 g/mol. The number of anilines is 1. The van der Waals surface area contributed by atoms with E-state index < -0.39 is 29.6 Å². The third-order valence-electron chi connectivity index (χ3n) is 8.18. The number of rotatable bonds is 6. The van der Waals surface area contributed by atoms with Gasteiger partial charge in [0.25, 0.3) is 5.91 Å². The SMILES string of the molecule is COc1ccc(N2CC=C[C@]34O[C@@H]5C=CCN(Cc6ccccc6)C(=O)[C@@H]5[C@H]3C(=O)N(CCO)C4C2=O)cc1. The number of aliphatic hydroxyl groups is 1. The smallest absolute Gasteiger partial charge is 0.253 e. The first-order chi connectivity index (χ1) is 19.0. The molecule has 0 saturated carbocycles. The van der Waals surface area contributed by atoms with E-state index in [1.165, 1.54) is 4.90 Å². The van der Waals surface area contributed by atoms with Gasteiger partial charge in [-0.2, -0.15) is 0 Å². The zero-order chi connectivity index (χ0) is 27.1. The van der Waals surface area contributed by atoms with Crippen LogP contribution in [0.4, 0.5) is 5.69 Å². The van der Waals surface area contributed by atoms with Crippen molar-refractivity contribution in [2.75, 3.05) is 38.3 Å². The minimum Gasteiger partial charge on any atom is -0.497 e. The van der Waals surface area contributed by atoms with Crippen LogP contribution in [0.2, 0.25) is 0 Å². The number of nitrogens with zero attached hydrogens (tertiary/aromatic N) is 3. The second-order valence-electron chi connectivity index (χ2n) is 10.3. The number of ether oxygens (including phenoxy) is 2. The molecule has 202 valence electrons. The van der Waals surface area contributed by atoms with E-state index in [1.54, 1.807) is 47.3 Å². The number of hydrogen-bond donors (Lipinski definition) is 1. The normalized spacial score (nSPS) is 29.7. The molecule has 2 fully saturated rings. The third-order valence-corrected chi connectivity index (χ3v) is 8.18. The number of fused-ring (bicyclic) bond motifs is 2. The first kappa shape index (κ1) is 25.3. The molecule has 3 amide bonds. The topological polar surface area (TPSA) is 99.6 Å². The maximum atomic E-state index is 14.2. The van der Waals surface area contributed by atoms with Gasteiger partial charge in [0.1, 0.15) is 17.4 Å². The van der Waals surface area contributed by atoms with E-state index in [2.05, 4.69) is 0 Å². The molecule has 0 radical (unpaired) electrons. The molecule has 2 saturated heterocycles. The van der Waals surface area contributed by atoms with Crippen molar-refractivity contribution in [3.05, 3.63) is 84.5 Å². The highest BCUT2D eigenvalue weighted by Crippen LogP contribution is 2.53. The van der Waals surface area contributed by atoms with Crippen molar-refractivity contribution in [1.82, 2.24) is 9.80 Å². The average Bonchev–Trinajstić information content (AvgIpc) is 3.26. The number of hydrogen-bond acceptors (Lipinski definition) is 6.